The van der Waals surface area contributed by atoms with Crippen molar-refractivity contribution in [1.82, 2.24) is 4.98 Å². The lowest BCUT2D eigenvalue weighted by Crippen LogP contribution is -1.99. The molecule has 1 heterocycles. The molecule has 22 heavy (non-hydrogen) atoms. The molecular weight excluding hydrogens is 275 g/mol. The van der Waals surface area contributed by atoms with Gasteiger partial charge in [0.05, 0.1) is 5.52 Å². The fourth-order valence-corrected chi connectivity index (χ4v) is 2.99. The Morgan fingerprint density at radius 2 is 1.91 bits per heavy atom. The average molecular weight is 296 g/mol. The highest BCUT2D eigenvalue weighted by atomic mass is 19.1. The second-order valence-electron chi connectivity index (χ2n) is 5.76. The molecule has 0 fully saturated rings. The molecular formula is C19H21FN2. The summed E-state index contributed by atoms with van der Waals surface area (Å²) in [6, 6.07) is 13.6. The number of unbranched alkanes of at least 4 members (excludes halogenated alkanes) is 1. The fourth-order valence-electron chi connectivity index (χ4n) is 2.99. The highest BCUT2D eigenvalue weighted by molar-refractivity contribution is 5.91. The topological polar surface area (TPSA) is 41.8 Å². The summed E-state index contributed by atoms with van der Waals surface area (Å²) in [5.41, 5.74) is 10.7. The Hall–Kier alpha value is -2.13. The van der Waals surface area contributed by atoms with Crippen LogP contribution < -0.4 is 5.73 Å². The molecule has 2 nitrogen and oxygen atoms in total. The Bertz CT molecular complexity index is 789. The zero-order valence-electron chi connectivity index (χ0n) is 12.8. The quantitative estimate of drug-likeness (QED) is 0.666. The van der Waals surface area contributed by atoms with Crippen molar-refractivity contribution in [2.45, 2.75) is 26.2 Å². The van der Waals surface area contributed by atoms with E-state index in [2.05, 4.69) is 30.1 Å². The number of benzene rings is 2. The number of nitrogens with one attached hydrogen (secondary N) is 1. The van der Waals surface area contributed by atoms with Gasteiger partial charge in [-0.2, -0.15) is 0 Å². The number of nitrogens with two attached hydrogens (primary N) is 1. The monoisotopic (exact) mass is 296 g/mol. The number of H-pyrrole nitrogens is 1. The minimum Gasteiger partial charge on any atom is -0.352 e. The lowest BCUT2D eigenvalue weighted by atomic mass is 9.99. The van der Waals surface area contributed by atoms with E-state index in [9.17, 15) is 4.39 Å². The summed E-state index contributed by atoms with van der Waals surface area (Å²) < 4.78 is 14.1. The smallest absolute Gasteiger partial charge is 0.147 e. The van der Waals surface area contributed by atoms with Crippen LogP contribution in [0.25, 0.3) is 22.2 Å². The van der Waals surface area contributed by atoms with Crippen molar-refractivity contribution in [3.05, 3.63) is 59.4 Å². The van der Waals surface area contributed by atoms with Crippen LogP contribution in [0.1, 0.15) is 24.0 Å². The predicted molar refractivity (Wildman–Crippen MR) is 90.4 cm³/mol. The number of rotatable bonds is 5. The molecule has 0 aliphatic carbocycles. The second kappa shape index (κ2) is 6.32. The lowest BCUT2D eigenvalue weighted by molar-refractivity contribution is 0.637. The summed E-state index contributed by atoms with van der Waals surface area (Å²) >= 11 is 0. The maximum absolute atomic E-state index is 14.1. The van der Waals surface area contributed by atoms with Gasteiger partial charge >= 0.3 is 0 Å². The number of aryl methyl sites for hydroxylation is 2. The van der Waals surface area contributed by atoms with E-state index in [1.165, 1.54) is 17.2 Å². The number of hydrogen-bond acceptors (Lipinski definition) is 1. The minimum absolute atomic E-state index is 0.198. The first-order valence-corrected chi connectivity index (χ1v) is 7.77. The zero-order valence-corrected chi connectivity index (χ0v) is 12.8. The first-order valence-electron chi connectivity index (χ1n) is 7.77. The molecule has 1 aromatic heterocycles. The molecule has 2 aromatic carbocycles. The van der Waals surface area contributed by atoms with Crippen molar-refractivity contribution in [2.24, 2.45) is 5.73 Å². The van der Waals surface area contributed by atoms with E-state index in [1.54, 1.807) is 6.07 Å². The molecule has 0 spiro atoms. The Balaban J connectivity index is 2.15. The molecule has 0 aliphatic heterocycles. The van der Waals surface area contributed by atoms with Crippen LogP contribution >= 0.6 is 0 Å². The van der Waals surface area contributed by atoms with E-state index in [-0.39, 0.29) is 5.82 Å². The van der Waals surface area contributed by atoms with Crippen LogP contribution in [0.5, 0.6) is 0 Å². The Morgan fingerprint density at radius 3 is 2.68 bits per heavy atom. The molecule has 0 bridgehead atoms. The zero-order chi connectivity index (χ0) is 15.5. The first-order chi connectivity index (χ1) is 10.7. The number of aromatic amines is 1. The number of aromatic nitrogens is 1. The molecule has 0 atom stereocenters. The van der Waals surface area contributed by atoms with Crippen LogP contribution in [-0.4, -0.2) is 11.5 Å². The number of fused-ring (bicyclic) bond motifs is 1. The van der Waals surface area contributed by atoms with Gasteiger partial charge in [0.1, 0.15) is 5.82 Å². The Morgan fingerprint density at radius 1 is 1.09 bits per heavy atom. The Labute approximate surface area is 130 Å². The predicted octanol–water partition coefficient (Wildman–Crippen LogP) is 4.56. The van der Waals surface area contributed by atoms with E-state index in [0.29, 0.717) is 12.1 Å². The molecule has 0 unspecified atom stereocenters. The average Bonchev–Trinajstić information content (AvgIpc) is 2.88. The van der Waals surface area contributed by atoms with Gasteiger partial charge in [0.2, 0.25) is 0 Å². The van der Waals surface area contributed by atoms with Crippen LogP contribution in [0.2, 0.25) is 0 Å². The fraction of sp³-hybridized carbons (Fsp3) is 0.263. The van der Waals surface area contributed by atoms with Gasteiger partial charge in [-0.1, -0.05) is 35.9 Å². The van der Waals surface area contributed by atoms with Gasteiger partial charge < -0.3 is 10.7 Å². The highest BCUT2D eigenvalue weighted by Crippen LogP contribution is 2.33. The van der Waals surface area contributed by atoms with Gasteiger partial charge in [-0.3, -0.25) is 0 Å². The Kier molecular flexibility index (Phi) is 4.25. The van der Waals surface area contributed by atoms with Crippen LogP contribution in [0, 0.1) is 12.7 Å². The SMILES string of the molecule is Cc1cccc(-c2[nH]c3c(F)cccc3c2CCCCN)c1. The van der Waals surface area contributed by atoms with Crippen LogP contribution in [0.4, 0.5) is 4.39 Å². The van der Waals surface area contributed by atoms with Crippen molar-refractivity contribution >= 4 is 10.9 Å². The number of para-hydroxylation sites is 1. The van der Waals surface area contributed by atoms with Crippen LogP contribution in [-0.2, 0) is 6.42 Å². The molecule has 3 aromatic rings. The van der Waals surface area contributed by atoms with Crippen LogP contribution in [0.15, 0.2) is 42.5 Å². The molecule has 3 rings (SSSR count). The molecule has 0 amide bonds. The van der Waals surface area contributed by atoms with Gasteiger partial charge in [0.25, 0.3) is 0 Å². The van der Waals surface area contributed by atoms with Crippen molar-refractivity contribution in [2.75, 3.05) is 6.54 Å². The van der Waals surface area contributed by atoms with Gasteiger partial charge in [0.15, 0.2) is 0 Å². The van der Waals surface area contributed by atoms with Gasteiger partial charge in [-0.15, -0.1) is 0 Å². The van der Waals surface area contributed by atoms with Crippen molar-refractivity contribution in [3.63, 3.8) is 0 Å². The largest absolute Gasteiger partial charge is 0.352 e. The first kappa shape index (κ1) is 14.8. The third kappa shape index (κ3) is 2.77. The summed E-state index contributed by atoms with van der Waals surface area (Å²) in [5, 5.41) is 0.980. The summed E-state index contributed by atoms with van der Waals surface area (Å²) in [6.45, 7) is 2.76. The van der Waals surface area contributed by atoms with Gasteiger partial charge in [0, 0.05) is 11.1 Å². The standard InChI is InChI=1S/C19H21FN2/c1-13-6-4-7-14(12-13)18-15(8-2-3-11-21)16-9-5-10-17(20)19(16)22-18/h4-7,9-10,12,22H,2-3,8,11,21H2,1H3. The van der Waals surface area contributed by atoms with Crippen molar-refractivity contribution in [1.29, 1.82) is 0 Å². The van der Waals surface area contributed by atoms with E-state index < -0.39 is 0 Å². The van der Waals surface area contributed by atoms with E-state index in [0.717, 1.165) is 35.9 Å². The molecule has 0 aliphatic rings. The number of halogens is 1. The van der Waals surface area contributed by atoms with Crippen molar-refractivity contribution in [3.8, 4) is 11.3 Å². The molecule has 114 valence electrons. The van der Waals surface area contributed by atoms with Crippen molar-refractivity contribution < 1.29 is 4.39 Å². The molecule has 3 N–H and O–H groups in total. The lowest BCUT2D eigenvalue weighted by Gasteiger charge is -2.06. The normalized spacial score (nSPS) is 11.2. The molecule has 0 radical (unpaired) electrons. The third-order valence-corrected chi connectivity index (χ3v) is 4.08. The van der Waals surface area contributed by atoms with Gasteiger partial charge in [-0.05, 0) is 56.0 Å². The van der Waals surface area contributed by atoms with E-state index >= 15 is 0 Å². The molecule has 0 saturated carbocycles. The van der Waals surface area contributed by atoms with E-state index in [1.807, 2.05) is 12.1 Å². The molecule has 3 heteroatoms. The number of hydrogen-bond donors (Lipinski definition) is 2. The maximum Gasteiger partial charge on any atom is 0.147 e. The van der Waals surface area contributed by atoms with Crippen LogP contribution in [0.3, 0.4) is 0 Å². The maximum atomic E-state index is 14.1. The van der Waals surface area contributed by atoms with Gasteiger partial charge in [-0.25, -0.2) is 4.39 Å². The minimum atomic E-state index is -0.198. The molecule has 0 saturated heterocycles. The summed E-state index contributed by atoms with van der Waals surface area (Å²) in [5.74, 6) is -0.198. The highest BCUT2D eigenvalue weighted by Gasteiger charge is 2.15. The summed E-state index contributed by atoms with van der Waals surface area (Å²) in [6.07, 6.45) is 2.90. The third-order valence-electron chi connectivity index (χ3n) is 4.08. The summed E-state index contributed by atoms with van der Waals surface area (Å²) in [7, 11) is 0. The van der Waals surface area contributed by atoms with E-state index in [4.69, 9.17) is 5.73 Å². The summed E-state index contributed by atoms with van der Waals surface area (Å²) in [4.78, 5) is 3.30. The second-order valence-corrected chi connectivity index (χ2v) is 5.76.